The van der Waals surface area contributed by atoms with Crippen molar-refractivity contribution in [1.82, 2.24) is 9.62 Å². The predicted molar refractivity (Wildman–Crippen MR) is 95.7 cm³/mol. The van der Waals surface area contributed by atoms with E-state index in [2.05, 4.69) is 4.72 Å². The van der Waals surface area contributed by atoms with Gasteiger partial charge in [0.1, 0.15) is 9.84 Å². The van der Waals surface area contributed by atoms with Crippen molar-refractivity contribution in [3.8, 4) is 0 Å². The van der Waals surface area contributed by atoms with E-state index in [0.717, 1.165) is 0 Å². The van der Waals surface area contributed by atoms with E-state index in [0.29, 0.717) is 25.9 Å². The Morgan fingerprint density at radius 2 is 1.84 bits per heavy atom. The second-order valence-corrected chi connectivity index (χ2v) is 10.6. The number of nitrogens with one attached hydrogen (secondary N) is 1. The third kappa shape index (κ3) is 5.16. The number of sulfonamides is 1. The van der Waals surface area contributed by atoms with Crippen molar-refractivity contribution in [3.05, 3.63) is 29.3 Å². The quantitative estimate of drug-likeness (QED) is 0.784. The van der Waals surface area contributed by atoms with Gasteiger partial charge in [0.2, 0.25) is 15.9 Å². The molecule has 2 rings (SSSR count). The van der Waals surface area contributed by atoms with E-state index < -0.39 is 31.2 Å². The molecule has 25 heavy (non-hydrogen) atoms. The molecule has 0 spiro atoms. The molecule has 0 aromatic heterocycles. The molecule has 1 saturated heterocycles. The summed E-state index contributed by atoms with van der Waals surface area (Å²) in [5, 5.41) is -0.167. The number of carbonyl (C=O) groups excluding carboxylic acids is 1. The van der Waals surface area contributed by atoms with Gasteiger partial charge in [-0.05, 0) is 38.0 Å². The second-order valence-electron chi connectivity index (χ2n) is 6.15. The van der Waals surface area contributed by atoms with Crippen molar-refractivity contribution < 1.29 is 21.6 Å². The molecular formula is C15H21ClN2O5S2. The Kier molecular flexibility index (Phi) is 6.13. The Morgan fingerprint density at radius 3 is 2.36 bits per heavy atom. The lowest BCUT2D eigenvalue weighted by molar-refractivity contribution is -0.133. The maximum absolute atomic E-state index is 12.5. The first-order valence-electron chi connectivity index (χ1n) is 7.76. The van der Waals surface area contributed by atoms with Gasteiger partial charge < -0.3 is 4.90 Å². The Bertz CT molecular complexity index is 846. The van der Waals surface area contributed by atoms with Gasteiger partial charge in [-0.1, -0.05) is 17.7 Å². The maximum atomic E-state index is 12.5. The molecule has 0 saturated carbocycles. The molecule has 1 fully saturated rings. The van der Waals surface area contributed by atoms with Crippen LogP contribution in [0, 0.1) is 0 Å². The Labute approximate surface area is 153 Å². The zero-order valence-corrected chi connectivity index (χ0v) is 16.4. The first-order chi connectivity index (χ1) is 11.5. The Balaban J connectivity index is 2.01. The summed E-state index contributed by atoms with van der Waals surface area (Å²) < 4.78 is 50.2. The predicted octanol–water partition coefficient (Wildman–Crippen LogP) is 1.04. The van der Waals surface area contributed by atoms with Crippen LogP contribution in [0.4, 0.5) is 0 Å². The highest BCUT2D eigenvalue weighted by Gasteiger charge is 2.32. The number of nitrogens with zero attached hydrogens (tertiary/aromatic N) is 1. The highest BCUT2D eigenvalue weighted by atomic mass is 35.5. The van der Waals surface area contributed by atoms with Crippen LogP contribution in [-0.4, -0.2) is 58.3 Å². The summed E-state index contributed by atoms with van der Waals surface area (Å²) in [5.74, 6) is -0.377. The van der Waals surface area contributed by atoms with Gasteiger partial charge in [0.05, 0.1) is 16.2 Å². The number of sulfone groups is 1. The van der Waals surface area contributed by atoms with Gasteiger partial charge >= 0.3 is 0 Å². The van der Waals surface area contributed by atoms with E-state index in [-0.39, 0.29) is 15.8 Å². The van der Waals surface area contributed by atoms with E-state index in [1.807, 2.05) is 0 Å². The zero-order valence-electron chi connectivity index (χ0n) is 14.0. The number of carbonyl (C=O) groups is 1. The minimum Gasteiger partial charge on any atom is -0.341 e. The molecular weight excluding hydrogens is 388 g/mol. The fourth-order valence-corrected chi connectivity index (χ4v) is 5.33. The van der Waals surface area contributed by atoms with Crippen LogP contribution in [0.25, 0.3) is 0 Å². The molecule has 1 amide bonds. The van der Waals surface area contributed by atoms with E-state index in [9.17, 15) is 21.6 Å². The molecule has 0 aliphatic carbocycles. The van der Waals surface area contributed by atoms with Crippen LogP contribution in [-0.2, 0) is 24.7 Å². The van der Waals surface area contributed by atoms with Crippen molar-refractivity contribution in [2.45, 2.75) is 36.0 Å². The molecule has 140 valence electrons. The van der Waals surface area contributed by atoms with Gasteiger partial charge in [0, 0.05) is 24.4 Å². The fourth-order valence-electron chi connectivity index (χ4n) is 2.76. The molecule has 1 N–H and O–H groups in total. The molecule has 1 aliphatic rings. The van der Waals surface area contributed by atoms with Gasteiger partial charge in [-0.15, -0.1) is 0 Å². The van der Waals surface area contributed by atoms with Crippen LogP contribution in [0.2, 0.25) is 5.02 Å². The SMILES string of the molecule is CC(NS(=O)(=O)c1cccc(Cl)c1)C(=O)N1CCC(S(C)(=O)=O)CC1. The van der Waals surface area contributed by atoms with Gasteiger partial charge in [0.25, 0.3) is 0 Å². The average molecular weight is 409 g/mol. The first kappa shape index (κ1) is 20.2. The average Bonchev–Trinajstić information content (AvgIpc) is 2.53. The van der Waals surface area contributed by atoms with Gasteiger partial charge in [-0.3, -0.25) is 4.79 Å². The van der Waals surface area contributed by atoms with Crippen molar-refractivity contribution >= 4 is 37.4 Å². The summed E-state index contributed by atoms with van der Waals surface area (Å²) >= 11 is 5.81. The standard InChI is InChI=1S/C15H21ClN2O5S2/c1-11(17-25(22,23)14-5-3-4-12(16)10-14)15(19)18-8-6-13(7-9-18)24(2,20)21/h3-5,10-11,13,17H,6-9H2,1-2H3. The van der Waals surface area contributed by atoms with Crippen LogP contribution in [0.3, 0.4) is 0 Å². The van der Waals surface area contributed by atoms with Crippen LogP contribution < -0.4 is 4.72 Å². The molecule has 7 nitrogen and oxygen atoms in total. The third-order valence-electron chi connectivity index (χ3n) is 4.17. The number of amides is 1. The Morgan fingerprint density at radius 1 is 1.24 bits per heavy atom. The second kappa shape index (κ2) is 7.61. The minimum atomic E-state index is -3.88. The van der Waals surface area contributed by atoms with E-state index >= 15 is 0 Å². The van der Waals surface area contributed by atoms with Crippen LogP contribution in [0.15, 0.2) is 29.2 Å². The van der Waals surface area contributed by atoms with Crippen molar-refractivity contribution in [1.29, 1.82) is 0 Å². The highest BCUT2D eigenvalue weighted by Crippen LogP contribution is 2.19. The lowest BCUT2D eigenvalue weighted by Gasteiger charge is -2.32. The van der Waals surface area contributed by atoms with Gasteiger partial charge in [-0.2, -0.15) is 4.72 Å². The Hall–Kier alpha value is -1.16. The molecule has 0 bridgehead atoms. The van der Waals surface area contributed by atoms with Crippen LogP contribution >= 0.6 is 11.6 Å². The number of halogens is 1. The molecule has 1 atom stereocenters. The molecule has 10 heteroatoms. The number of hydrogen-bond acceptors (Lipinski definition) is 5. The number of hydrogen-bond donors (Lipinski definition) is 1. The molecule has 1 aromatic carbocycles. The van der Waals surface area contributed by atoms with Gasteiger partial charge in [-0.25, -0.2) is 16.8 Å². The smallest absolute Gasteiger partial charge is 0.241 e. The summed E-state index contributed by atoms with van der Waals surface area (Å²) in [6, 6.07) is 4.81. The number of benzene rings is 1. The van der Waals surface area contributed by atoms with Crippen LogP contribution in [0.1, 0.15) is 19.8 Å². The maximum Gasteiger partial charge on any atom is 0.241 e. The van der Waals surface area contributed by atoms with Crippen LogP contribution in [0.5, 0.6) is 0 Å². The molecule has 1 aliphatic heterocycles. The molecule has 1 aromatic rings. The van der Waals surface area contributed by atoms with E-state index in [4.69, 9.17) is 11.6 Å². The summed E-state index contributed by atoms with van der Waals surface area (Å²) in [5.41, 5.74) is 0. The molecule has 1 heterocycles. The van der Waals surface area contributed by atoms with E-state index in [1.54, 1.807) is 6.07 Å². The lowest BCUT2D eigenvalue weighted by Crippen LogP contribution is -2.50. The normalized spacial score (nSPS) is 18.1. The van der Waals surface area contributed by atoms with Crippen molar-refractivity contribution in [2.24, 2.45) is 0 Å². The fraction of sp³-hybridized carbons (Fsp3) is 0.533. The van der Waals surface area contributed by atoms with Crippen molar-refractivity contribution in [2.75, 3.05) is 19.3 Å². The molecule has 1 unspecified atom stereocenters. The minimum absolute atomic E-state index is 0.0181. The lowest BCUT2D eigenvalue weighted by atomic mass is 10.1. The summed E-state index contributed by atoms with van der Waals surface area (Å²) in [7, 11) is -7.00. The van der Waals surface area contributed by atoms with E-state index in [1.165, 1.54) is 36.3 Å². The van der Waals surface area contributed by atoms with Gasteiger partial charge in [0.15, 0.2) is 0 Å². The number of rotatable bonds is 5. The number of piperidine rings is 1. The topological polar surface area (TPSA) is 101 Å². The van der Waals surface area contributed by atoms with Crippen molar-refractivity contribution in [3.63, 3.8) is 0 Å². The highest BCUT2D eigenvalue weighted by molar-refractivity contribution is 7.91. The third-order valence-corrected chi connectivity index (χ3v) is 7.62. The summed E-state index contributed by atoms with van der Waals surface area (Å²) in [4.78, 5) is 13.9. The zero-order chi connectivity index (χ0) is 18.8. The first-order valence-corrected chi connectivity index (χ1v) is 11.6. The summed E-state index contributed by atoms with van der Waals surface area (Å²) in [6.07, 6.45) is 1.91. The summed E-state index contributed by atoms with van der Waals surface area (Å²) in [6.45, 7) is 2.05. The molecule has 0 radical (unpaired) electrons. The monoisotopic (exact) mass is 408 g/mol. The number of likely N-dealkylation sites (tertiary alicyclic amines) is 1. The largest absolute Gasteiger partial charge is 0.341 e.